The molecule has 0 radical (unpaired) electrons. The van der Waals surface area contributed by atoms with E-state index >= 15 is 0 Å². The van der Waals surface area contributed by atoms with Crippen LogP contribution in [0, 0.1) is 0 Å². The van der Waals surface area contributed by atoms with Crippen molar-refractivity contribution in [1.82, 2.24) is 9.97 Å². The lowest BCUT2D eigenvalue weighted by atomic mass is 10.1. The number of rotatable bonds is 4. The van der Waals surface area contributed by atoms with Crippen LogP contribution in [-0.2, 0) is 0 Å². The smallest absolute Gasteiger partial charge is 0.209 e. The Morgan fingerprint density at radius 3 is 2.78 bits per heavy atom. The van der Waals surface area contributed by atoms with Crippen molar-refractivity contribution >= 4 is 73.5 Å². The van der Waals surface area contributed by atoms with E-state index in [4.69, 9.17) is 34.7 Å². The maximum atomic E-state index is 12.9. The first-order valence-corrected chi connectivity index (χ1v) is 9.40. The molecule has 6 nitrogen and oxygen atoms in total. The fraction of sp³-hybridized carbons (Fsp3) is 0. The molecule has 0 saturated carbocycles. The molecule has 2 heterocycles. The summed E-state index contributed by atoms with van der Waals surface area (Å²) in [6.45, 7) is 0. The number of thiazole rings is 1. The van der Waals surface area contributed by atoms with Gasteiger partial charge in [0.25, 0.3) is 0 Å². The minimum Gasteiger partial charge on any atom is -0.398 e. The van der Waals surface area contributed by atoms with Crippen LogP contribution < -0.4 is 16.8 Å². The highest BCUT2D eigenvalue weighted by Crippen LogP contribution is 2.36. The number of carbonyl (C=O) groups is 1. The van der Waals surface area contributed by atoms with Crippen LogP contribution in [0.2, 0.25) is 10.0 Å². The average Bonchev–Trinajstić information content (AvgIpc) is 3.24. The second kappa shape index (κ2) is 6.77. The molecule has 0 unspecified atom stereocenters. The summed E-state index contributed by atoms with van der Waals surface area (Å²) >= 11 is 13.4. The molecule has 9 heteroatoms. The zero-order chi connectivity index (χ0) is 19.1. The van der Waals surface area contributed by atoms with Crippen LogP contribution in [0.15, 0.2) is 42.6 Å². The van der Waals surface area contributed by atoms with Gasteiger partial charge in [-0.05, 0) is 36.4 Å². The van der Waals surface area contributed by atoms with E-state index in [9.17, 15) is 4.79 Å². The first-order chi connectivity index (χ1) is 12.9. The molecule has 0 spiro atoms. The summed E-state index contributed by atoms with van der Waals surface area (Å²) in [6, 6.07) is 10.9. The number of benzene rings is 2. The molecule has 0 aliphatic heterocycles. The fourth-order valence-corrected chi connectivity index (χ4v) is 4.09. The van der Waals surface area contributed by atoms with Crippen LogP contribution in [-0.4, -0.2) is 15.8 Å². The number of hydrogen-bond donors (Lipinski definition) is 4. The molecule has 0 saturated heterocycles. The second-order valence-electron chi connectivity index (χ2n) is 5.79. The van der Waals surface area contributed by atoms with Gasteiger partial charge >= 0.3 is 0 Å². The van der Waals surface area contributed by atoms with Crippen LogP contribution >= 0.6 is 34.5 Å². The highest BCUT2D eigenvalue weighted by molar-refractivity contribution is 7.18. The van der Waals surface area contributed by atoms with Gasteiger partial charge in [0.05, 0.1) is 21.3 Å². The van der Waals surface area contributed by atoms with Crippen LogP contribution in [0.1, 0.15) is 15.2 Å². The molecular formula is C18H13Cl2N5OS. The summed E-state index contributed by atoms with van der Waals surface area (Å²) in [5.74, 6) is -0.314. The van der Waals surface area contributed by atoms with Crippen molar-refractivity contribution in [3.63, 3.8) is 0 Å². The highest BCUT2D eigenvalue weighted by Gasteiger charge is 2.24. The van der Waals surface area contributed by atoms with Gasteiger partial charge in [0.15, 0.2) is 5.13 Å². The Kier molecular flexibility index (Phi) is 4.43. The van der Waals surface area contributed by atoms with Gasteiger partial charge in [-0.25, -0.2) is 4.98 Å². The van der Waals surface area contributed by atoms with Crippen molar-refractivity contribution in [2.24, 2.45) is 0 Å². The van der Waals surface area contributed by atoms with E-state index in [1.165, 1.54) is 6.07 Å². The summed E-state index contributed by atoms with van der Waals surface area (Å²) in [6.07, 6.45) is 1.87. The quantitative estimate of drug-likeness (QED) is 0.273. The molecule has 0 amide bonds. The maximum Gasteiger partial charge on any atom is 0.209 e. The summed E-state index contributed by atoms with van der Waals surface area (Å²) in [7, 11) is 0. The largest absolute Gasteiger partial charge is 0.398 e. The Bertz CT molecular complexity index is 1180. The summed E-state index contributed by atoms with van der Waals surface area (Å²) in [5, 5.41) is 5.02. The lowest BCUT2D eigenvalue weighted by Crippen LogP contribution is -2.05. The van der Waals surface area contributed by atoms with E-state index in [1.807, 2.05) is 30.5 Å². The van der Waals surface area contributed by atoms with Gasteiger partial charge < -0.3 is 21.8 Å². The molecule has 136 valence electrons. The van der Waals surface area contributed by atoms with Gasteiger partial charge in [-0.2, -0.15) is 0 Å². The molecule has 0 aliphatic carbocycles. The van der Waals surface area contributed by atoms with Gasteiger partial charge in [0.2, 0.25) is 5.78 Å². The monoisotopic (exact) mass is 417 g/mol. The number of ketones is 1. The first kappa shape index (κ1) is 17.7. The Balaban J connectivity index is 1.67. The van der Waals surface area contributed by atoms with Crippen LogP contribution in [0.3, 0.4) is 0 Å². The number of nitrogen functional groups attached to an aromatic ring is 2. The van der Waals surface area contributed by atoms with Gasteiger partial charge in [-0.1, -0.05) is 34.5 Å². The molecule has 2 aromatic carbocycles. The van der Waals surface area contributed by atoms with E-state index in [0.29, 0.717) is 5.13 Å². The number of carbonyl (C=O) groups excluding carboxylic acids is 1. The maximum absolute atomic E-state index is 12.9. The molecule has 0 fully saturated rings. The zero-order valence-electron chi connectivity index (χ0n) is 13.7. The van der Waals surface area contributed by atoms with E-state index in [0.717, 1.165) is 27.9 Å². The Labute approximate surface area is 168 Å². The third-order valence-electron chi connectivity index (χ3n) is 4.01. The van der Waals surface area contributed by atoms with Crippen molar-refractivity contribution in [1.29, 1.82) is 0 Å². The topological polar surface area (TPSA) is 110 Å². The second-order valence-corrected chi connectivity index (χ2v) is 7.58. The van der Waals surface area contributed by atoms with Crippen molar-refractivity contribution in [2.75, 3.05) is 16.8 Å². The highest BCUT2D eigenvalue weighted by atomic mass is 35.5. The SMILES string of the molecule is Nc1ccc(Cl)c(C(=O)c2sc(Nc3ccc4[nH]ccc4c3)nc2N)c1Cl. The van der Waals surface area contributed by atoms with E-state index in [-0.39, 0.29) is 32.0 Å². The third-order valence-corrected chi connectivity index (χ3v) is 5.72. The molecule has 0 bridgehead atoms. The fourth-order valence-electron chi connectivity index (χ4n) is 2.69. The Hall–Kier alpha value is -2.74. The Morgan fingerprint density at radius 2 is 1.96 bits per heavy atom. The summed E-state index contributed by atoms with van der Waals surface area (Å²) in [5.41, 5.74) is 14.0. The molecule has 6 N–H and O–H groups in total. The molecule has 0 atom stereocenters. The summed E-state index contributed by atoms with van der Waals surface area (Å²) in [4.78, 5) is 20.5. The Morgan fingerprint density at radius 1 is 1.15 bits per heavy atom. The number of nitrogens with one attached hydrogen (secondary N) is 2. The van der Waals surface area contributed by atoms with Crippen molar-refractivity contribution in [2.45, 2.75) is 0 Å². The summed E-state index contributed by atoms with van der Waals surface area (Å²) < 4.78 is 0. The van der Waals surface area contributed by atoms with E-state index in [1.54, 1.807) is 6.07 Å². The van der Waals surface area contributed by atoms with Gasteiger partial charge in [-0.15, -0.1) is 0 Å². The van der Waals surface area contributed by atoms with Crippen molar-refractivity contribution in [3.8, 4) is 0 Å². The normalized spacial score (nSPS) is 11.0. The van der Waals surface area contributed by atoms with Gasteiger partial charge in [0, 0.05) is 22.8 Å². The van der Waals surface area contributed by atoms with Gasteiger partial charge in [-0.3, -0.25) is 4.79 Å². The van der Waals surface area contributed by atoms with E-state index in [2.05, 4.69) is 15.3 Å². The number of hydrogen-bond acceptors (Lipinski definition) is 6. The number of halogens is 2. The molecular weight excluding hydrogens is 405 g/mol. The van der Waals surface area contributed by atoms with E-state index < -0.39 is 5.78 Å². The van der Waals surface area contributed by atoms with Crippen molar-refractivity contribution < 1.29 is 4.79 Å². The number of aromatic nitrogens is 2. The molecule has 2 aromatic heterocycles. The van der Waals surface area contributed by atoms with Crippen LogP contribution in [0.25, 0.3) is 10.9 Å². The number of anilines is 4. The first-order valence-electron chi connectivity index (χ1n) is 7.82. The molecule has 4 aromatic rings. The van der Waals surface area contributed by atoms with Gasteiger partial charge in [0.1, 0.15) is 10.7 Å². The third kappa shape index (κ3) is 3.21. The number of nitrogens with zero attached hydrogens (tertiary/aromatic N) is 1. The molecule has 4 rings (SSSR count). The van der Waals surface area contributed by atoms with Crippen molar-refractivity contribution in [3.05, 3.63) is 63.1 Å². The average molecular weight is 418 g/mol. The van der Waals surface area contributed by atoms with Crippen LogP contribution in [0.4, 0.5) is 22.3 Å². The number of aromatic amines is 1. The number of nitrogens with two attached hydrogens (primary N) is 2. The molecule has 0 aliphatic rings. The predicted octanol–water partition coefficient (Wildman–Crippen LogP) is 5.07. The van der Waals surface area contributed by atoms with Crippen LogP contribution in [0.5, 0.6) is 0 Å². The number of H-pyrrole nitrogens is 1. The molecule has 27 heavy (non-hydrogen) atoms. The lowest BCUT2D eigenvalue weighted by Gasteiger charge is -2.07. The zero-order valence-corrected chi connectivity index (χ0v) is 16.0. The standard InChI is InChI=1S/C18H13Cl2N5OS/c19-10-2-3-11(21)14(20)13(10)15(26)16-17(22)25-18(27-16)24-9-1-4-12-8(7-9)5-6-23-12/h1-7,23H,21-22H2,(H,24,25). The number of fused-ring (bicyclic) bond motifs is 1. The predicted molar refractivity (Wildman–Crippen MR) is 112 cm³/mol. The lowest BCUT2D eigenvalue weighted by molar-refractivity contribution is 0.104. The minimum absolute atomic E-state index is 0.102. The minimum atomic E-state index is -0.415.